The van der Waals surface area contributed by atoms with Crippen LogP contribution in [0.25, 0.3) is 0 Å². The molecular weight excluding hydrogens is 516 g/mol. The predicted molar refractivity (Wildman–Crippen MR) is 135 cm³/mol. The molecule has 39 heavy (non-hydrogen) atoms. The third-order valence-electron chi connectivity index (χ3n) is 6.86. The van der Waals surface area contributed by atoms with Gasteiger partial charge in [0.15, 0.2) is 0 Å². The van der Waals surface area contributed by atoms with Gasteiger partial charge in [0.25, 0.3) is 0 Å². The molecule has 224 valence electrons. The van der Waals surface area contributed by atoms with Gasteiger partial charge in [-0.05, 0) is 25.7 Å². The van der Waals surface area contributed by atoms with Crippen molar-refractivity contribution in [2.24, 2.45) is 5.92 Å². The zero-order valence-electron chi connectivity index (χ0n) is 22.8. The minimum atomic E-state index is -1.13. The van der Waals surface area contributed by atoms with Crippen LogP contribution in [0.2, 0.25) is 0 Å². The molecule has 0 aromatic heterocycles. The highest BCUT2D eigenvalue weighted by molar-refractivity contribution is 5.77. The van der Waals surface area contributed by atoms with Crippen molar-refractivity contribution in [3.05, 3.63) is 0 Å². The van der Waals surface area contributed by atoms with E-state index in [2.05, 4.69) is 0 Å². The highest BCUT2D eigenvalue weighted by Gasteiger charge is 2.37. The smallest absolute Gasteiger partial charge is 0.306 e. The normalized spacial score (nSPS) is 20.4. The quantitative estimate of drug-likeness (QED) is 0.254. The maximum Gasteiger partial charge on any atom is 0.306 e. The number of carbonyl (C=O) groups excluding carboxylic acids is 2. The average Bonchev–Trinajstić information content (AvgIpc) is 2.87. The van der Waals surface area contributed by atoms with Crippen LogP contribution in [0.3, 0.4) is 0 Å². The van der Waals surface area contributed by atoms with Gasteiger partial charge in [0, 0.05) is 18.8 Å². The zero-order valence-corrected chi connectivity index (χ0v) is 22.8. The first-order chi connectivity index (χ1) is 18.8. The van der Waals surface area contributed by atoms with E-state index in [1.807, 2.05) is 0 Å². The topological polar surface area (TPSA) is 164 Å². The summed E-state index contributed by atoms with van der Waals surface area (Å²) in [5.74, 6) is -4.83. The van der Waals surface area contributed by atoms with Crippen molar-refractivity contribution in [3.63, 3.8) is 0 Å². The summed E-state index contributed by atoms with van der Waals surface area (Å²) in [5, 5.41) is 17.5. The zero-order chi connectivity index (χ0) is 28.3. The Morgan fingerprint density at radius 2 is 1.21 bits per heavy atom. The van der Waals surface area contributed by atoms with Gasteiger partial charge in [-0.25, -0.2) is 9.78 Å². The lowest BCUT2D eigenvalue weighted by molar-refractivity contribution is -0.531. The van der Waals surface area contributed by atoms with Crippen molar-refractivity contribution in [2.75, 3.05) is 19.8 Å². The fraction of sp³-hybridized carbons (Fsp3) is 0.852. The lowest BCUT2D eigenvalue weighted by atomic mass is 9.97. The van der Waals surface area contributed by atoms with E-state index in [9.17, 15) is 19.2 Å². The molecule has 1 atom stereocenters. The summed E-state index contributed by atoms with van der Waals surface area (Å²) in [4.78, 5) is 68.2. The molecule has 12 nitrogen and oxygen atoms in total. The van der Waals surface area contributed by atoms with Crippen molar-refractivity contribution >= 4 is 23.9 Å². The van der Waals surface area contributed by atoms with Gasteiger partial charge in [-0.2, -0.15) is 9.78 Å². The molecule has 12 heteroatoms. The number of aliphatic carboxylic acids is 2. The highest BCUT2D eigenvalue weighted by atomic mass is 17.3. The minimum Gasteiger partial charge on any atom is -0.481 e. The lowest BCUT2D eigenvalue weighted by Crippen LogP contribution is -2.40. The first-order valence-corrected chi connectivity index (χ1v) is 14.2. The molecule has 2 rings (SSSR count). The van der Waals surface area contributed by atoms with Crippen LogP contribution in [0.4, 0.5) is 0 Å². The van der Waals surface area contributed by atoms with Crippen LogP contribution >= 0.6 is 0 Å². The van der Waals surface area contributed by atoms with Crippen molar-refractivity contribution in [1.29, 1.82) is 0 Å². The number of carbonyl (C=O) groups is 4. The van der Waals surface area contributed by atoms with Crippen molar-refractivity contribution in [2.45, 2.75) is 121 Å². The molecule has 1 spiro atoms. The molecule has 1 aliphatic heterocycles. The van der Waals surface area contributed by atoms with Gasteiger partial charge in [-0.15, -0.1) is 0 Å². The molecule has 2 N–H and O–H groups in total. The van der Waals surface area contributed by atoms with E-state index in [-0.39, 0.29) is 57.8 Å². The van der Waals surface area contributed by atoms with Gasteiger partial charge in [0.1, 0.15) is 12.7 Å². The molecule has 0 radical (unpaired) electrons. The Balaban J connectivity index is 1.86. The number of carboxylic acids is 2. The summed E-state index contributed by atoms with van der Waals surface area (Å²) in [5.41, 5.74) is 0. The molecular formula is C27H44O12. The molecule has 2 fully saturated rings. The first kappa shape index (κ1) is 32.9. The largest absolute Gasteiger partial charge is 0.481 e. The second-order valence-electron chi connectivity index (χ2n) is 10.4. The van der Waals surface area contributed by atoms with Crippen LogP contribution in [-0.4, -0.2) is 65.8 Å². The number of carboxylic acid groups (broad SMARTS) is 2. The van der Waals surface area contributed by atoms with Gasteiger partial charge in [-0.1, -0.05) is 44.9 Å². The summed E-state index contributed by atoms with van der Waals surface area (Å²) < 4.78 is 10.4. The van der Waals surface area contributed by atoms with Crippen LogP contribution in [0, 0.1) is 5.92 Å². The Kier molecular flexibility index (Phi) is 16.0. The second-order valence-corrected chi connectivity index (χ2v) is 10.4. The van der Waals surface area contributed by atoms with E-state index in [0.717, 1.165) is 25.7 Å². The molecule has 0 bridgehead atoms. The van der Waals surface area contributed by atoms with Crippen LogP contribution < -0.4 is 0 Å². The average molecular weight is 561 g/mol. The van der Waals surface area contributed by atoms with Crippen LogP contribution in [-0.2, 0) is 48.2 Å². The van der Waals surface area contributed by atoms with Crippen LogP contribution in [0.15, 0.2) is 0 Å². The Morgan fingerprint density at radius 1 is 0.718 bits per heavy atom. The molecule has 1 unspecified atom stereocenters. The lowest BCUT2D eigenvalue weighted by Gasteiger charge is -2.34. The third-order valence-corrected chi connectivity index (χ3v) is 6.86. The fourth-order valence-corrected chi connectivity index (χ4v) is 4.54. The SMILES string of the molecule is O=C(O)CCC(=O)OCC(CCC1COOC2(CCCCCCCCCCC2)OOC1)OC(=O)CCC(=O)O. The van der Waals surface area contributed by atoms with Crippen molar-refractivity contribution in [3.8, 4) is 0 Å². The molecule has 1 aliphatic carbocycles. The maximum absolute atomic E-state index is 12.1. The standard InChI is InChI=1S/C27H44O12/c28-23(29)12-14-25(32)34-20-22(37-26(33)15-13-24(30)31)11-10-21-18-35-38-27(39-36-19-21)16-8-6-4-2-1-3-5-7-9-17-27/h21-22H,1-20H2,(H,28,29)(H,30,31). The summed E-state index contributed by atoms with van der Waals surface area (Å²) in [7, 11) is 0. The maximum atomic E-state index is 12.1. The molecule has 1 heterocycles. The van der Waals surface area contributed by atoms with E-state index >= 15 is 0 Å². The minimum absolute atomic E-state index is 0.170. The van der Waals surface area contributed by atoms with E-state index in [0.29, 0.717) is 19.3 Å². The molecule has 0 aromatic rings. The second kappa shape index (κ2) is 18.9. The summed E-state index contributed by atoms with van der Waals surface area (Å²) in [6.45, 7) is 0.175. The Morgan fingerprint density at radius 3 is 1.72 bits per heavy atom. The summed E-state index contributed by atoms with van der Waals surface area (Å²) in [6, 6.07) is 0. The highest BCUT2D eigenvalue weighted by Crippen LogP contribution is 2.32. The van der Waals surface area contributed by atoms with Gasteiger partial charge in [-0.3, -0.25) is 19.2 Å². The number of rotatable bonds is 12. The number of esters is 2. The predicted octanol–water partition coefficient (Wildman–Crippen LogP) is 4.48. The third kappa shape index (κ3) is 15.2. The van der Waals surface area contributed by atoms with Crippen molar-refractivity contribution < 1.29 is 58.4 Å². The molecule has 2 aliphatic rings. The molecule has 1 saturated heterocycles. The Hall–Kier alpha value is -2.28. The van der Waals surface area contributed by atoms with E-state index in [1.165, 1.54) is 32.1 Å². The van der Waals surface area contributed by atoms with Gasteiger partial charge in [0.2, 0.25) is 5.79 Å². The number of hydrogen-bond donors (Lipinski definition) is 2. The monoisotopic (exact) mass is 560 g/mol. The van der Waals surface area contributed by atoms with Crippen molar-refractivity contribution in [1.82, 2.24) is 0 Å². The summed E-state index contributed by atoms with van der Waals surface area (Å²) in [6.07, 6.45) is 10.1. The number of ether oxygens (including phenoxy) is 2. The van der Waals surface area contributed by atoms with Crippen LogP contribution in [0.1, 0.15) is 109 Å². The van der Waals surface area contributed by atoms with E-state index < -0.39 is 35.8 Å². The van der Waals surface area contributed by atoms with E-state index in [4.69, 9.17) is 39.2 Å². The first-order valence-electron chi connectivity index (χ1n) is 14.2. The summed E-state index contributed by atoms with van der Waals surface area (Å²) >= 11 is 0. The number of hydrogen-bond acceptors (Lipinski definition) is 10. The molecule has 0 amide bonds. The van der Waals surface area contributed by atoms with Crippen LogP contribution in [0.5, 0.6) is 0 Å². The Bertz CT molecular complexity index is 731. The molecule has 1 saturated carbocycles. The molecule has 0 aromatic carbocycles. The fourth-order valence-electron chi connectivity index (χ4n) is 4.54. The van der Waals surface area contributed by atoms with Gasteiger partial charge in [0.05, 0.1) is 38.9 Å². The van der Waals surface area contributed by atoms with E-state index in [1.54, 1.807) is 0 Å². The Labute approximate surface area is 229 Å². The van der Waals surface area contributed by atoms with Gasteiger partial charge >= 0.3 is 23.9 Å². The van der Waals surface area contributed by atoms with Gasteiger partial charge < -0.3 is 19.7 Å².